The maximum Gasteiger partial charge on any atom is 0.325 e. The minimum absolute atomic E-state index is 0.0103. The standard InChI is InChI=1S/C13H14BrN3O3/c1-13(8-3-2-4-9(14)7-8)11(19)17(12(20)16-13)6-5-10(15)18/h2-4,7H,5-6H2,1H3,(H2,15,18)(H,16,20)/t13-/m0/s1. The molecule has 1 aliphatic rings. The molecule has 2 rings (SSSR count). The zero-order valence-electron chi connectivity index (χ0n) is 10.9. The Morgan fingerprint density at radius 2 is 2.15 bits per heavy atom. The number of halogens is 1. The molecule has 1 aromatic rings. The van der Waals surface area contributed by atoms with E-state index >= 15 is 0 Å². The van der Waals surface area contributed by atoms with Crippen LogP contribution in [0.1, 0.15) is 18.9 Å². The summed E-state index contributed by atoms with van der Waals surface area (Å²) in [5.41, 5.74) is 4.59. The first-order chi connectivity index (χ1) is 9.34. The molecule has 1 aromatic carbocycles. The third kappa shape index (κ3) is 2.53. The first kappa shape index (κ1) is 14.5. The van der Waals surface area contributed by atoms with E-state index in [9.17, 15) is 14.4 Å². The first-order valence-corrected chi connectivity index (χ1v) is 6.82. The number of rotatable bonds is 4. The highest BCUT2D eigenvalue weighted by molar-refractivity contribution is 9.10. The van der Waals surface area contributed by atoms with Crippen molar-refractivity contribution in [2.24, 2.45) is 5.73 Å². The monoisotopic (exact) mass is 339 g/mol. The van der Waals surface area contributed by atoms with Crippen LogP contribution in [0.5, 0.6) is 0 Å². The van der Waals surface area contributed by atoms with E-state index in [2.05, 4.69) is 21.2 Å². The Morgan fingerprint density at radius 3 is 2.75 bits per heavy atom. The van der Waals surface area contributed by atoms with Gasteiger partial charge in [-0.3, -0.25) is 14.5 Å². The van der Waals surface area contributed by atoms with Gasteiger partial charge in [-0.05, 0) is 24.6 Å². The van der Waals surface area contributed by atoms with Crippen LogP contribution >= 0.6 is 15.9 Å². The Balaban J connectivity index is 2.28. The van der Waals surface area contributed by atoms with Gasteiger partial charge in [0.1, 0.15) is 5.54 Å². The second-order valence-electron chi connectivity index (χ2n) is 4.74. The summed E-state index contributed by atoms with van der Waals surface area (Å²) in [5.74, 6) is -0.941. The second kappa shape index (κ2) is 5.24. The molecule has 0 aliphatic carbocycles. The topological polar surface area (TPSA) is 92.5 Å². The minimum Gasteiger partial charge on any atom is -0.370 e. The Morgan fingerprint density at radius 1 is 1.45 bits per heavy atom. The van der Waals surface area contributed by atoms with Crippen LogP contribution in [-0.4, -0.2) is 29.3 Å². The van der Waals surface area contributed by atoms with Gasteiger partial charge < -0.3 is 11.1 Å². The third-order valence-electron chi connectivity index (χ3n) is 3.26. The first-order valence-electron chi connectivity index (χ1n) is 6.03. The number of nitrogens with two attached hydrogens (primary N) is 1. The molecule has 0 radical (unpaired) electrons. The molecule has 1 atom stereocenters. The molecular weight excluding hydrogens is 326 g/mol. The van der Waals surface area contributed by atoms with Crippen molar-refractivity contribution in [2.75, 3.05) is 6.54 Å². The molecule has 1 saturated heterocycles. The fraction of sp³-hybridized carbons (Fsp3) is 0.308. The highest BCUT2D eigenvalue weighted by Gasteiger charge is 2.48. The number of imide groups is 1. The zero-order chi connectivity index (χ0) is 14.9. The van der Waals surface area contributed by atoms with Crippen molar-refractivity contribution in [3.63, 3.8) is 0 Å². The van der Waals surface area contributed by atoms with Crippen LogP contribution in [0.4, 0.5) is 4.79 Å². The number of nitrogens with zero attached hydrogens (tertiary/aromatic N) is 1. The van der Waals surface area contributed by atoms with Gasteiger partial charge in [-0.15, -0.1) is 0 Å². The molecular formula is C13H14BrN3O3. The lowest BCUT2D eigenvalue weighted by molar-refractivity contribution is -0.131. The summed E-state index contributed by atoms with van der Waals surface area (Å²) in [6.45, 7) is 1.63. The number of primary amides is 1. The second-order valence-corrected chi connectivity index (χ2v) is 5.65. The molecule has 1 heterocycles. The van der Waals surface area contributed by atoms with Crippen molar-refractivity contribution in [3.8, 4) is 0 Å². The summed E-state index contributed by atoms with van der Waals surface area (Å²) in [6.07, 6.45) is -0.0479. The van der Waals surface area contributed by atoms with E-state index in [1.807, 2.05) is 6.07 Å². The predicted octanol–water partition coefficient (Wildman–Crippen LogP) is 1.09. The maximum atomic E-state index is 12.4. The summed E-state index contributed by atoms with van der Waals surface area (Å²) in [7, 11) is 0. The molecule has 3 N–H and O–H groups in total. The molecule has 0 bridgehead atoms. The lowest BCUT2D eigenvalue weighted by atomic mass is 9.92. The van der Waals surface area contributed by atoms with E-state index in [0.717, 1.165) is 9.37 Å². The number of benzene rings is 1. The number of nitrogens with one attached hydrogen (secondary N) is 1. The van der Waals surface area contributed by atoms with Gasteiger partial charge in [0.25, 0.3) is 5.91 Å². The lowest BCUT2D eigenvalue weighted by Crippen LogP contribution is -2.41. The number of amides is 4. The summed E-state index contributed by atoms with van der Waals surface area (Å²) in [5, 5.41) is 2.66. The van der Waals surface area contributed by atoms with E-state index in [-0.39, 0.29) is 18.9 Å². The zero-order valence-corrected chi connectivity index (χ0v) is 12.4. The number of carbonyl (C=O) groups excluding carboxylic acids is 3. The van der Waals surface area contributed by atoms with Gasteiger partial charge in [-0.1, -0.05) is 28.1 Å². The average molecular weight is 340 g/mol. The molecule has 0 saturated carbocycles. The Labute approximate surface area is 124 Å². The van der Waals surface area contributed by atoms with Crippen LogP contribution in [-0.2, 0) is 15.1 Å². The summed E-state index contributed by atoms with van der Waals surface area (Å²) < 4.78 is 0.814. The third-order valence-corrected chi connectivity index (χ3v) is 3.75. The van der Waals surface area contributed by atoms with Crippen LogP contribution in [0.3, 0.4) is 0 Å². The van der Waals surface area contributed by atoms with Crippen molar-refractivity contribution in [1.29, 1.82) is 0 Å². The fourth-order valence-electron chi connectivity index (χ4n) is 2.12. The highest BCUT2D eigenvalue weighted by Crippen LogP contribution is 2.30. The normalized spacial score (nSPS) is 22.0. The number of carbonyl (C=O) groups is 3. The molecule has 4 amide bonds. The van der Waals surface area contributed by atoms with Gasteiger partial charge in [0, 0.05) is 17.4 Å². The Kier molecular flexibility index (Phi) is 3.80. The molecule has 0 spiro atoms. The molecule has 0 aromatic heterocycles. The number of hydrogen-bond acceptors (Lipinski definition) is 3. The van der Waals surface area contributed by atoms with Crippen molar-refractivity contribution in [1.82, 2.24) is 10.2 Å². The van der Waals surface area contributed by atoms with Crippen molar-refractivity contribution in [3.05, 3.63) is 34.3 Å². The quantitative estimate of drug-likeness (QED) is 0.804. The average Bonchev–Trinajstić information content (AvgIpc) is 2.59. The van der Waals surface area contributed by atoms with E-state index in [1.54, 1.807) is 25.1 Å². The van der Waals surface area contributed by atoms with Crippen LogP contribution in [0.25, 0.3) is 0 Å². The fourth-order valence-corrected chi connectivity index (χ4v) is 2.52. The van der Waals surface area contributed by atoms with Crippen LogP contribution in [0.2, 0.25) is 0 Å². The molecule has 1 fully saturated rings. The van der Waals surface area contributed by atoms with Gasteiger partial charge in [0.05, 0.1) is 0 Å². The van der Waals surface area contributed by atoms with Gasteiger partial charge in [-0.25, -0.2) is 4.79 Å². The van der Waals surface area contributed by atoms with Crippen LogP contribution in [0.15, 0.2) is 28.7 Å². The molecule has 0 unspecified atom stereocenters. The van der Waals surface area contributed by atoms with E-state index in [0.29, 0.717) is 5.56 Å². The minimum atomic E-state index is -1.13. The van der Waals surface area contributed by atoms with Crippen molar-refractivity contribution < 1.29 is 14.4 Å². The summed E-state index contributed by atoms with van der Waals surface area (Å²) in [4.78, 5) is 36.1. The van der Waals surface area contributed by atoms with Crippen LogP contribution in [0, 0.1) is 0 Å². The van der Waals surface area contributed by atoms with Crippen molar-refractivity contribution >= 4 is 33.8 Å². The highest BCUT2D eigenvalue weighted by atomic mass is 79.9. The molecule has 20 heavy (non-hydrogen) atoms. The van der Waals surface area contributed by atoms with Crippen molar-refractivity contribution in [2.45, 2.75) is 18.9 Å². The predicted molar refractivity (Wildman–Crippen MR) is 75.6 cm³/mol. The number of urea groups is 1. The number of hydrogen-bond donors (Lipinski definition) is 2. The maximum absolute atomic E-state index is 12.4. The van der Waals surface area contributed by atoms with Gasteiger partial charge in [0.15, 0.2) is 0 Å². The van der Waals surface area contributed by atoms with Crippen LogP contribution < -0.4 is 11.1 Å². The summed E-state index contributed by atoms with van der Waals surface area (Å²) in [6, 6.07) is 6.64. The van der Waals surface area contributed by atoms with E-state index < -0.39 is 17.5 Å². The SMILES string of the molecule is C[C@@]1(c2cccc(Br)c2)NC(=O)N(CCC(N)=O)C1=O. The summed E-state index contributed by atoms with van der Waals surface area (Å²) >= 11 is 3.33. The van der Waals surface area contributed by atoms with E-state index in [4.69, 9.17) is 5.73 Å². The lowest BCUT2D eigenvalue weighted by Gasteiger charge is -2.22. The van der Waals surface area contributed by atoms with E-state index in [1.165, 1.54) is 0 Å². The Hall–Kier alpha value is -1.89. The molecule has 1 aliphatic heterocycles. The largest absolute Gasteiger partial charge is 0.370 e. The van der Waals surface area contributed by atoms with Gasteiger partial charge >= 0.3 is 6.03 Å². The van der Waals surface area contributed by atoms with Gasteiger partial charge in [0.2, 0.25) is 5.91 Å². The molecule has 106 valence electrons. The molecule has 6 nitrogen and oxygen atoms in total. The smallest absolute Gasteiger partial charge is 0.325 e. The molecule has 7 heteroatoms. The Bertz CT molecular complexity index is 590. The van der Waals surface area contributed by atoms with Gasteiger partial charge in [-0.2, -0.15) is 0 Å².